The van der Waals surface area contributed by atoms with Crippen LogP contribution in [0.2, 0.25) is 5.02 Å². The van der Waals surface area contributed by atoms with Gasteiger partial charge in [0.2, 0.25) is 11.8 Å². The summed E-state index contributed by atoms with van der Waals surface area (Å²) in [6, 6.07) is 13.8. The number of fused-ring (bicyclic) bond motifs is 1. The molecule has 0 radical (unpaired) electrons. The first kappa shape index (κ1) is 38.2. The van der Waals surface area contributed by atoms with Crippen LogP contribution >= 0.6 is 11.6 Å². The molecule has 0 unspecified atom stereocenters. The van der Waals surface area contributed by atoms with Crippen LogP contribution in [-0.4, -0.2) is 88.6 Å². The standard InChI is InChI=1S/C40H50ClN3O7/c1-7-10-20-32(46)42(6)26(5)35(27-16-12-11-13-17-27)50-39(49)33-31-21-22-40(51-31)34(33)37(47)44(30(24-45)25(4)9-3)36(40)38(48)43(23-8-2)29-19-15-14-18-28(29)41/h7-8,11-19,25-26,30-31,33-36,45H,1-2,9-10,20-24H2,3-6H3/t25-,26+,30-,31-,33+,34+,35-,36-,40+/m0/s1. The number of aliphatic hydroxyl groups excluding tert-OH is 1. The van der Waals surface area contributed by atoms with Gasteiger partial charge in [0.15, 0.2) is 0 Å². The summed E-state index contributed by atoms with van der Waals surface area (Å²) in [5.41, 5.74) is -0.185. The number of ether oxygens (including phenoxy) is 2. The lowest BCUT2D eigenvalue weighted by molar-refractivity contribution is -0.165. The smallest absolute Gasteiger partial charge is 0.313 e. The number of carbonyl (C=O) groups excluding carboxylic acids is 4. The molecule has 274 valence electrons. The first-order chi connectivity index (χ1) is 24.5. The topological polar surface area (TPSA) is 117 Å². The quantitative estimate of drug-likeness (QED) is 0.174. The highest BCUT2D eigenvalue weighted by Gasteiger charge is 2.76. The molecule has 3 saturated heterocycles. The molecule has 3 aliphatic rings. The number of allylic oxidation sites excluding steroid dienone is 1. The largest absolute Gasteiger partial charge is 0.455 e. The second-order valence-corrected chi connectivity index (χ2v) is 14.4. The average molecular weight is 720 g/mol. The molecule has 0 aromatic heterocycles. The zero-order valence-corrected chi connectivity index (χ0v) is 30.7. The van der Waals surface area contributed by atoms with Crippen LogP contribution in [0.5, 0.6) is 0 Å². The maximum absolute atomic E-state index is 14.9. The number of amides is 3. The van der Waals surface area contributed by atoms with Gasteiger partial charge < -0.3 is 29.3 Å². The molecule has 1 spiro atoms. The lowest BCUT2D eigenvalue weighted by atomic mass is 9.70. The van der Waals surface area contributed by atoms with Crippen molar-refractivity contribution in [3.8, 4) is 0 Å². The molecule has 3 fully saturated rings. The van der Waals surface area contributed by atoms with Crippen molar-refractivity contribution in [1.29, 1.82) is 0 Å². The van der Waals surface area contributed by atoms with Crippen molar-refractivity contribution in [3.63, 3.8) is 0 Å². The summed E-state index contributed by atoms with van der Waals surface area (Å²) in [6.45, 7) is 13.0. The molecule has 3 amide bonds. The zero-order valence-electron chi connectivity index (χ0n) is 29.9. The van der Waals surface area contributed by atoms with Gasteiger partial charge in [0, 0.05) is 20.0 Å². The van der Waals surface area contributed by atoms with Crippen molar-refractivity contribution in [1.82, 2.24) is 9.80 Å². The minimum atomic E-state index is -1.34. The third-order valence-electron chi connectivity index (χ3n) is 11.2. The Morgan fingerprint density at radius 1 is 1.12 bits per heavy atom. The van der Waals surface area contributed by atoms with E-state index in [2.05, 4.69) is 13.2 Å². The van der Waals surface area contributed by atoms with Crippen LogP contribution in [0.1, 0.15) is 64.5 Å². The number of halogens is 1. The van der Waals surface area contributed by atoms with E-state index >= 15 is 0 Å². The number of para-hydroxylation sites is 1. The van der Waals surface area contributed by atoms with Crippen LogP contribution in [-0.2, 0) is 28.7 Å². The summed E-state index contributed by atoms with van der Waals surface area (Å²) < 4.78 is 13.0. The highest BCUT2D eigenvalue weighted by Crippen LogP contribution is 2.60. The minimum absolute atomic E-state index is 0.111. The molecule has 1 N–H and O–H groups in total. The Labute approximate surface area is 306 Å². The molecule has 9 atom stereocenters. The number of likely N-dealkylation sites (tertiary alicyclic amines) is 1. The SMILES string of the molecule is C=CCCC(=O)N(C)[C@H](C)[C@H](OC(=O)[C@@H]1[C@@H]2CC[C@]3(O2)[C@H](C(=O)N(CC=C)c2ccccc2Cl)N([C@@H](CO)[C@@H](C)CC)C(=O)[C@@H]13)c1ccccc1. The van der Waals surface area contributed by atoms with E-state index < -0.39 is 65.6 Å². The van der Waals surface area contributed by atoms with Gasteiger partial charge in [-0.2, -0.15) is 0 Å². The van der Waals surface area contributed by atoms with E-state index in [4.69, 9.17) is 21.1 Å². The molecule has 11 heteroatoms. The Bertz CT molecular complexity index is 1620. The van der Waals surface area contributed by atoms with E-state index in [-0.39, 0.29) is 31.4 Å². The van der Waals surface area contributed by atoms with Gasteiger partial charge in [-0.05, 0) is 49.8 Å². The lowest BCUT2D eigenvalue weighted by Gasteiger charge is -2.41. The summed E-state index contributed by atoms with van der Waals surface area (Å²) in [7, 11) is 1.68. The van der Waals surface area contributed by atoms with Gasteiger partial charge in [-0.15, -0.1) is 13.2 Å². The maximum Gasteiger partial charge on any atom is 0.313 e. The maximum atomic E-state index is 14.9. The molecular weight excluding hydrogens is 670 g/mol. The molecular formula is C40H50ClN3O7. The van der Waals surface area contributed by atoms with E-state index in [1.807, 2.05) is 51.1 Å². The number of hydrogen-bond donors (Lipinski definition) is 1. The number of benzene rings is 2. The minimum Gasteiger partial charge on any atom is -0.455 e. The van der Waals surface area contributed by atoms with Crippen molar-refractivity contribution in [2.75, 3.05) is 25.1 Å². The van der Waals surface area contributed by atoms with Gasteiger partial charge in [-0.3, -0.25) is 19.2 Å². The van der Waals surface area contributed by atoms with Crippen molar-refractivity contribution in [3.05, 3.63) is 90.5 Å². The Morgan fingerprint density at radius 2 is 1.80 bits per heavy atom. The Morgan fingerprint density at radius 3 is 2.43 bits per heavy atom. The van der Waals surface area contributed by atoms with Gasteiger partial charge in [0.25, 0.3) is 5.91 Å². The Kier molecular flexibility index (Phi) is 12.1. The number of carbonyl (C=O) groups is 4. The molecule has 2 aromatic rings. The van der Waals surface area contributed by atoms with Crippen LogP contribution in [0.15, 0.2) is 79.9 Å². The van der Waals surface area contributed by atoms with E-state index in [1.54, 1.807) is 48.4 Å². The molecule has 3 heterocycles. The first-order valence-electron chi connectivity index (χ1n) is 17.9. The van der Waals surface area contributed by atoms with Crippen LogP contribution in [0.25, 0.3) is 0 Å². The summed E-state index contributed by atoms with van der Waals surface area (Å²) in [4.78, 5) is 61.9. The number of rotatable bonds is 16. The van der Waals surface area contributed by atoms with Gasteiger partial charge in [-0.1, -0.05) is 86.5 Å². The Balaban J connectivity index is 1.55. The number of esters is 1. The molecule has 3 aliphatic heterocycles. The predicted molar refractivity (Wildman–Crippen MR) is 196 cm³/mol. The summed E-state index contributed by atoms with van der Waals surface area (Å²) in [6.07, 6.45) is 4.00. The zero-order chi connectivity index (χ0) is 37.0. The lowest BCUT2D eigenvalue weighted by Crippen LogP contribution is -2.60. The highest BCUT2D eigenvalue weighted by molar-refractivity contribution is 6.34. The fraction of sp³-hybridized carbons (Fsp3) is 0.500. The van der Waals surface area contributed by atoms with Crippen molar-refractivity contribution in [2.24, 2.45) is 17.8 Å². The fourth-order valence-corrected chi connectivity index (χ4v) is 8.43. The van der Waals surface area contributed by atoms with E-state index in [9.17, 15) is 24.3 Å². The monoisotopic (exact) mass is 719 g/mol. The normalized spacial score (nSPS) is 25.8. The average Bonchev–Trinajstić information content (AvgIpc) is 3.79. The van der Waals surface area contributed by atoms with Crippen LogP contribution < -0.4 is 4.90 Å². The summed E-state index contributed by atoms with van der Waals surface area (Å²) in [5.74, 6) is -3.78. The van der Waals surface area contributed by atoms with Crippen LogP contribution in [0, 0.1) is 17.8 Å². The third kappa shape index (κ3) is 6.98. The number of likely N-dealkylation sites (N-methyl/N-ethyl adjacent to an activating group) is 1. The molecule has 0 saturated carbocycles. The fourth-order valence-electron chi connectivity index (χ4n) is 8.19. The van der Waals surface area contributed by atoms with Gasteiger partial charge in [0.05, 0.1) is 47.3 Å². The van der Waals surface area contributed by atoms with Gasteiger partial charge >= 0.3 is 5.97 Å². The molecule has 5 rings (SSSR count). The van der Waals surface area contributed by atoms with Gasteiger partial charge in [-0.25, -0.2) is 0 Å². The number of hydrogen-bond acceptors (Lipinski definition) is 7. The number of nitrogens with zero attached hydrogens (tertiary/aromatic N) is 3. The van der Waals surface area contributed by atoms with E-state index in [0.717, 1.165) is 0 Å². The molecule has 10 nitrogen and oxygen atoms in total. The first-order valence-corrected chi connectivity index (χ1v) is 18.2. The van der Waals surface area contributed by atoms with Crippen LogP contribution in [0.3, 0.4) is 0 Å². The van der Waals surface area contributed by atoms with E-state index in [0.29, 0.717) is 42.0 Å². The summed E-state index contributed by atoms with van der Waals surface area (Å²) in [5, 5.41) is 11.1. The Hall–Kier alpha value is -3.99. The van der Waals surface area contributed by atoms with Crippen LogP contribution in [0.4, 0.5) is 5.69 Å². The second kappa shape index (κ2) is 16.1. The summed E-state index contributed by atoms with van der Waals surface area (Å²) >= 11 is 6.61. The highest BCUT2D eigenvalue weighted by atomic mass is 35.5. The second-order valence-electron chi connectivity index (χ2n) is 14.0. The van der Waals surface area contributed by atoms with E-state index in [1.165, 1.54) is 9.80 Å². The molecule has 2 aromatic carbocycles. The van der Waals surface area contributed by atoms with Crippen molar-refractivity contribution >= 4 is 41.0 Å². The number of aliphatic hydroxyl groups is 1. The molecule has 2 bridgehead atoms. The predicted octanol–water partition coefficient (Wildman–Crippen LogP) is 5.74. The van der Waals surface area contributed by atoms with Crippen molar-refractivity contribution < 1.29 is 33.8 Å². The van der Waals surface area contributed by atoms with Crippen molar-refractivity contribution in [2.45, 2.75) is 88.8 Å². The number of anilines is 1. The third-order valence-corrected chi connectivity index (χ3v) is 11.5. The molecule has 0 aliphatic carbocycles. The molecule has 51 heavy (non-hydrogen) atoms. The van der Waals surface area contributed by atoms with Gasteiger partial charge in [0.1, 0.15) is 17.7 Å².